The zero-order chi connectivity index (χ0) is 62.1. The van der Waals surface area contributed by atoms with Crippen LogP contribution in [-0.2, 0) is 93.7 Å². The van der Waals surface area contributed by atoms with Gasteiger partial charge in [0.25, 0.3) is 0 Å². The van der Waals surface area contributed by atoms with Gasteiger partial charge in [0, 0.05) is 33.2 Å². The Morgan fingerprint density at radius 2 is 0.884 bits per heavy atom. The van der Waals surface area contributed by atoms with Crippen molar-refractivity contribution < 1.29 is 85.9 Å². The molecule has 490 valence electrons. The van der Waals surface area contributed by atoms with Crippen molar-refractivity contribution in [3.63, 3.8) is 0 Å². The van der Waals surface area contributed by atoms with Gasteiger partial charge in [-0.15, -0.1) is 0 Å². The van der Waals surface area contributed by atoms with Crippen molar-refractivity contribution in [2.45, 2.75) is 94.9 Å². The van der Waals surface area contributed by atoms with Crippen LogP contribution in [0.1, 0.15) is 63.5 Å². The Bertz CT molecular complexity index is 2050. The van der Waals surface area contributed by atoms with E-state index in [0.717, 1.165) is 11.1 Å². The Morgan fingerprint density at radius 3 is 1.28 bits per heavy atom. The number of carbonyl (C=O) groups excluding carboxylic acids is 4. The van der Waals surface area contributed by atoms with E-state index in [1.54, 1.807) is 12.0 Å². The molecule has 1 heterocycles. The van der Waals surface area contributed by atoms with Crippen LogP contribution in [0.4, 0.5) is 0 Å². The molecule has 2 aromatic carbocycles. The highest BCUT2D eigenvalue weighted by atomic mass is 16.6. The van der Waals surface area contributed by atoms with Crippen LogP contribution < -0.4 is 32.7 Å². The van der Waals surface area contributed by atoms with Crippen molar-refractivity contribution in [2.75, 3.05) is 185 Å². The molecule has 2 aromatic rings. The number of piperidine rings is 1. The van der Waals surface area contributed by atoms with E-state index in [1.807, 2.05) is 74.5 Å². The predicted molar refractivity (Wildman–Crippen MR) is 321 cm³/mol. The number of hydrogen-bond acceptors (Lipinski definition) is 20. The maximum absolute atomic E-state index is 14.2. The van der Waals surface area contributed by atoms with E-state index in [1.165, 1.54) is 0 Å². The van der Waals surface area contributed by atoms with Gasteiger partial charge in [-0.2, -0.15) is 0 Å². The Morgan fingerprint density at radius 1 is 0.512 bits per heavy atom. The van der Waals surface area contributed by atoms with Gasteiger partial charge in [0.1, 0.15) is 23.7 Å². The van der Waals surface area contributed by atoms with Crippen molar-refractivity contribution in [1.82, 2.24) is 26.2 Å². The molecule has 4 amide bonds. The average Bonchev–Trinajstić information content (AvgIpc) is 3.71. The summed E-state index contributed by atoms with van der Waals surface area (Å²) in [5.74, 6) is -3.05. The summed E-state index contributed by atoms with van der Waals surface area (Å²) in [6.45, 7) is 15.1. The van der Waals surface area contributed by atoms with Crippen LogP contribution >= 0.6 is 0 Å². The van der Waals surface area contributed by atoms with E-state index in [9.17, 15) is 29.1 Å². The number of methoxy groups -OCH3 is 1. The van der Waals surface area contributed by atoms with Crippen LogP contribution in [0, 0.1) is 5.92 Å². The third-order valence-corrected chi connectivity index (χ3v) is 13.7. The number of nitrogens with two attached hydrogens (primary N) is 2. The minimum Gasteiger partial charge on any atom is -0.480 e. The molecule has 4 atom stereocenters. The lowest BCUT2D eigenvalue weighted by Gasteiger charge is -2.40. The highest BCUT2D eigenvalue weighted by Gasteiger charge is 2.43. The SMILES string of the molecule is COCCOCCOCCOCCOCCOCCOCCOCCOCCOCCOCCOCCNC1(C(=O)O)CCN(C(=O)C(CCCCN)NC(=O)C(CC(C)C)NC(=O)C(Cc2ccccc2)NC(=O)C(N)Cc2ccccc2)CC1. The van der Waals surface area contributed by atoms with Gasteiger partial charge in [-0.25, -0.2) is 0 Å². The largest absolute Gasteiger partial charge is 0.480 e. The highest BCUT2D eigenvalue weighted by molar-refractivity contribution is 5.95. The lowest BCUT2D eigenvalue weighted by molar-refractivity contribution is -0.150. The van der Waals surface area contributed by atoms with Crippen LogP contribution in [-0.4, -0.2) is 255 Å². The molecule has 25 heteroatoms. The third-order valence-electron chi connectivity index (χ3n) is 13.7. The zero-order valence-corrected chi connectivity index (χ0v) is 51.4. The molecule has 0 aliphatic carbocycles. The van der Waals surface area contributed by atoms with Gasteiger partial charge in [0.05, 0.1) is 158 Å². The first kappa shape index (κ1) is 75.4. The number of aliphatic carboxylic acids is 1. The average molecular weight is 1220 g/mol. The Balaban J connectivity index is 1.25. The molecule has 0 spiro atoms. The molecule has 1 aliphatic heterocycles. The number of carboxylic acid groups (broad SMARTS) is 1. The van der Waals surface area contributed by atoms with Crippen molar-refractivity contribution in [2.24, 2.45) is 17.4 Å². The third kappa shape index (κ3) is 35.3. The molecular weight excluding hydrogens is 1120 g/mol. The highest BCUT2D eigenvalue weighted by Crippen LogP contribution is 2.24. The number of carbonyl (C=O) groups is 5. The molecule has 86 heavy (non-hydrogen) atoms. The molecule has 0 aromatic heterocycles. The van der Waals surface area contributed by atoms with Crippen LogP contribution in [0.2, 0.25) is 0 Å². The number of nitrogens with zero attached hydrogens (tertiary/aromatic N) is 1. The zero-order valence-electron chi connectivity index (χ0n) is 51.4. The predicted octanol–water partition coefficient (Wildman–Crippen LogP) is 1.29. The first-order chi connectivity index (χ1) is 41.9. The maximum atomic E-state index is 14.2. The number of rotatable bonds is 55. The minimum absolute atomic E-state index is 0.0358. The summed E-state index contributed by atoms with van der Waals surface area (Å²) < 4.78 is 65.6. The number of ether oxygens (including phenoxy) is 12. The summed E-state index contributed by atoms with van der Waals surface area (Å²) in [7, 11) is 1.64. The van der Waals surface area contributed by atoms with Gasteiger partial charge in [0.2, 0.25) is 23.6 Å². The lowest BCUT2D eigenvalue weighted by atomic mass is 9.87. The fourth-order valence-electron chi connectivity index (χ4n) is 8.90. The fourth-order valence-corrected chi connectivity index (χ4v) is 8.90. The minimum atomic E-state index is -1.29. The van der Waals surface area contributed by atoms with E-state index in [0.29, 0.717) is 165 Å². The van der Waals surface area contributed by atoms with Gasteiger partial charge in [-0.05, 0) is 68.5 Å². The summed E-state index contributed by atoms with van der Waals surface area (Å²) >= 11 is 0. The molecule has 1 saturated heterocycles. The van der Waals surface area contributed by atoms with Gasteiger partial charge in [0.15, 0.2) is 0 Å². The van der Waals surface area contributed by atoms with Gasteiger partial charge in [-0.1, -0.05) is 74.5 Å². The van der Waals surface area contributed by atoms with Crippen LogP contribution in [0.3, 0.4) is 0 Å². The van der Waals surface area contributed by atoms with Crippen molar-refractivity contribution in [3.8, 4) is 0 Å². The molecule has 25 nitrogen and oxygen atoms in total. The number of amides is 4. The first-order valence-corrected chi connectivity index (χ1v) is 30.4. The normalized spacial score (nSPS) is 14.6. The molecule has 9 N–H and O–H groups in total. The summed E-state index contributed by atoms with van der Waals surface area (Å²) in [6, 6.07) is 14.6. The smallest absolute Gasteiger partial charge is 0.324 e. The van der Waals surface area contributed by atoms with Crippen LogP contribution in [0.15, 0.2) is 60.7 Å². The Labute approximate surface area is 509 Å². The second-order valence-electron chi connectivity index (χ2n) is 21.0. The number of unbranched alkanes of at least 4 members (excludes halogenated alkanes) is 1. The van der Waals surface area contributed by atoms with E-state index < -0.39 is 53.4 Å². The number of nitrogens with one attached hydrogen (secondary N) is 4. The lowest BCUT2D eigenvalue weighted by Crippen LogP contribution is -2.62. The van der Waals surface area contributed by atoms with Crippen LogP contribution in [0.5, 0.6) is 0 Å². The van der Waals surface area contributed by atoms with Gasteiger partial charge < -0.3 is 94.3 Å². The Kier molecular flexibility index (Phi) is 43.1. The monoisotopic (exact) mass is 1220 g/mol. The summed E-state index contributed by atoms with van der Waals surface area (Å²) in [5.41, 5.74) is 12.5. The molecular formula is C61H103N7O18. The number of likely N-dealkylation sites (tertiary alicyclic amines) is 1. The van der Waals surface area contributed by atoms with Crippen molar-refractivity contribution in [3.05, 3.63) is 71.8 Å². The Hall–Kier alpha value is -4.81. The van der Waals surface area contributed by atoms with E-state index >= 15 is 0 Å². The number of carboxylic acids is 1. The molecule has 4 unspecified atom stereocenters. The number of benzene rings is 2. The maximum Gasteiger partial charge on any atom is 0.324 e. The molecule has 0 bridgehead atoms. The molecule has 1 fully saturated rings. The van der Waals surface area contributed by atoms with Crippen molar-refractivity contribution >= 4 is 29.6 Å². The summed E-state index contributed by atoms with van der Waals surface area (Å²) in [6.07, 6.45) is 2.36. The van der Waals surface area contributed by atoms with Crippen molar-refractivity contribution in [1.29, 1.82) is 0 Å². The molecule has 1 aliphatic rings. The molecule has 0 radical (unpaired) electrons. The number of hydrogen-bond donors (Lipinski definition) is 7. The standard InChI is InChI=1S/C61H103N7O18/c1-49(2)46-54(67-58(71)55(48-51-14-8-5-9-15-51)66-56(69)52(63)47-50-12-6-4-7-13-50)57(70)65-53(16-10-11-19-62)59(72)68-21-17-61(18-22-68,60(73)74)64-20-23-76-26-27-78-30-31-80-34-35-82-38-39-84-42-43-86-45-44-85-41-40-83-37-36-81-33-32-79-29-28-77-25-24-75-3/h4-9,12-15,49,52-55,64H,10-11,16-48,62-63H2,1-3H3,(H,65,70)(H,66,69)(H,67,71)(H,73,74). The van der Waals surface area contributed by atoms with Gasteiger partial charge >= 0.3 is 5.97 Å². The second-order valence-corrected chi connectivity index (χ2v) is 21.0. The van der Waals surface area contributed by atoms with Gasteiger partial charge in [-0.3, -0.25) is 29.3 Å². The van der Waals surface area contributed by atoms with E-state index in [4.69, 9.17) is 68.3 Å². The van der Waals surface area contributed by atoms with E-state index in [2.05, 4.69) is 21.3 Å². The second kappa shape index (κ2) is 49.1. The molecule has 3 rings (SSSR count). The van der Waals surface area contributed by atoms with E-state index in [-0.39, 0.29) is 76.6 Å². The summed E-state index contributed by atoms with van der Waals surface area (Å²) in [5, 5.41) is 22.2. The van der Waals surface area contributed by atoms with Crippen LogP contribution in [0.25, 0.3) is 0 Å². The topological polar surface area (TPSA) is 320 Å². The fraction of sp³-hybridized carbons (Fsp3) is 0.721. The molecule has 0 saturated carbocycles. The summed E-state index contributed by atoms with van der Waals surface area (Å²) in [4.78, 5) is 70.3. The first-order valence-electron chi connectivity index (χ1n) is 30.4. The quantitative estimate of drug-likeness (QED) is 0.0459.